The molecule has 0 spiro atoms. The summed E-state index contributed by atoms with van der Waals surface area (Å²) < 4.78 is 25.6. The van der Waals surface area contributed by atoms with E-state index >= 15 is 0 Å². The summed E-state index contributed by atoms with van der Waals surface area (Å²) in [6.07, 6.45) is 2.23. The molecule has 0 radical (unpaired) electrons. The van der Waals surface area contributed by atoms with Crippen molar-refractivity contribution in [1.82, 2.24) is 9.97 Å². The molecule has 17 heavy (non-hydrogen) atoms. The van der Waals surface area contributed by atoms with Crippen LogP contribution in [0.5, 0.6) is 0 Å². The summed E-state index contributed by atoms with van der Waals surface area (Å²) in [5, 5.41) is 9.79. The van der Waals surface area contributed by atoms with Crippen molar-refractivity contribution in [2.24, 2.45) is 0 Å². The molecule has 3 nitrogen and oxygen atoms in total. The fraction of sp³-hybridized carbons (Fsp3) is 0.167. The summed E-state index contributed by atoms with van der Waals surface area (Å²) in [7, 11) is 0. The van der Waals surface area contributed by atoms with Gasteiger partial charge in [0.25, 0.3) is 0 Å². The van der Waals surface area contributed by atoms with Crippen LogP contribution in [0.1, 0.15) is 17.5 Å². The second kappa shape index (κ2) is 4.97. The first-order chi connectivity index (χ1) is 8.16. The van der Waals surface area contributed by atoms with Gasteiger partial charge in [-0.2, -0.15) is 0 Å². The summed E-state index contributed by atoms with van der Waals surface area (Å²) >= 11 is 0. The van der Waals surface area contributed by atoms with Crippen molar-refractivity contribution in [2.75, 3.05) is 0 Å². The van der Waals surface area contributed by atoms with Gasteiger partial charge in [-0.25, -0.2) is 18.7 Å². The fourth-order valence-corrected chi connectivity index (χ4v) is 1.46. The predicted molar refractivity (Wildman–Crippen MR) is 57.1 cm³/mol. The molecule has 1 N–H and O–H groups in total. The van der Waals surface area contributed by atoms with E-state index in [1.807, 2.05) is 0 Å². The molecule has 1 aromatic heterocycles. The van der Waals surface area contributed by atoms with E-state index in [2.05, 4.69) is 9.97 Å². The van der Waals surface area contributed by atoms with Gasteiger partial charge in [-0.3, -0.25) is 0 Å². The molecular formula is C12H10F2N2O. The quantitative estimate of drug-likeness (QED) is 0.886. The lowest BCUT2D eigenvalue weighted by Crippen LogP contribution is -2.06. The van der Waals surface area contributed by atoms with Crippen molar-refractivity contribution in [3.63, 3.8) is 0 Å². The summed E-state index contributed by atoms with van der Waals surface area (Å²) in [6.45, 7) is 0. The van der Waals surface area contributed by atoms with Crippen molar-refractivity contribution < 1.29 is 13.9 Å². The van der Waals surface area contributed by atoms with Gasteiger partial charge in [0.2, 0.25) is 0 Å². The van der Waals surface area contributed by atoms with Crippen LogP contribution in [0.3, 0.4) is 0 Å². The van der Waals surface area contributed by atoms with Crippen LogP contribution in [0.4, 0.5) is 8.78 Å². The highest BCUT2D eigenvalue weighted by molar-refractivity contribution is 5.19. The number of rotatable bonds is 3. The number of hydrogen-bond donors (Lipinski definition) is 1. The van der Waals surface area contributed by atoms with Gasteiger partial charge >= 0.3 is 0 Å². The second-order valence-electron chi connectivity index (χ2n) is 3.58. The molecule has 88 valence electrons. The third kappa shape index (κ3) is 2.82. The molecule has 0 bridgehead atoms. The smallest absolute Gasteiger partial charge is 0.159 e. The molecule has 0 amide bonds. The highest BCUT2D eigenvalue weighted by Gasteiger charge is 2.12. The Labute approximate surface area is 96.8 Å². The molecule has 0 saturated heterocycles. The monoisotopic (exact) mass is 236 g/mol. The third-order valence-electron chi connectivity index (χ3n) is 2.30. The van der Waals surface area contributed by atoms with Crippen LogP contribution >= 0.6 is 0 Å². The summed E-state index contributed by atoms with van der Waals surface area (Å²) in [4.78, 5) is 7.77. The lowest BCUT2D eigenvalue weighted by atomic mass is 10.1. The maximum absolute atomic E-state index is 12.9. The van der Waals surface area contributed by atoms with Crippen LogP contribution in [0.15, 0.2) is 36.7 Å². The van der Waals surface area contributed by atoms with Gasteiger partial charge in [-0.15, -0.1) is 0 Å². The zero-order chi connectivity index (χ0) is 12.3. The maximum atomic E-state index is 12.9. The molecule has 0 aliphatic rings. The molecule has 1 aromatic carbocycles. The number of benzene rings is 1. The Morgan fingerprint density at radius 1 is 1.12 bits per heavy atom. The minimum Gasteiger partial charge on any atom is -0.385 e. The van der Waals surface area contributed by atoms with E-state index in [1.165, 1.54) is 18.5 Å². The number of aliphatic hydroxyl groups excluding tert-OH is 1. The van der Waals surface area contributed by atoms with Crippen molar-refractivity contribution in [3.8, 4) is 0 Å². The Hall–Kier alpha value is -1.88. The first-order valence-corrected chi connectivity index (χ1v) is 5.05. The zero-order valence-electron chi connectivity index (χ0n) is 8.85. The number of hydrogen-bond acceptors (Lipinski definition) is 3. The van der Waals surface area contributed by atoms with Gasteiger partial charge in [0.05, 0.1) is 0 Å². The minimum atomic E-state index is -0.930. The molecule has 0 aliphatic carbocycles. The lowest BCUT2D eigenvalue weighted by molar-refractivity contribution is 0.168. The molecule has 2 rings (SSSR count). The van der Waals surface area contributed by atoms with E-state index in [0.29, 0.717) is 5.56 Å². The van der Waals surface area contributed by atoms with E-state index in [0.717, 1.165) is 12.1 Å². The number of nitrogens with zero attached hydrogens (tertiary/aromatic N) is 2. The van der Waals surface area contributed by atoms with Gasteiger partial charge in [-0.05, 0) is 23.8 Å². The lowest BCUT2D eigenvalue weighted by Gasteiger charge is -2.08. The Morgan fingerprint density at radius 2 is 1.82 bits per heavy atom. The van der Waals surface area contributed by atoms with E-state index < -0.39 is 17.7 Å². The predicted octanol–water partition coefficient (Wildman–Crippen LogP) is 2.03. The average Bonchev–Trinajstić information content (AvgIpc) is 2.35. The Morgan fingerprint density at radius 3 is 2.47 bits per heavy atom. The maximum Gasteiger partial charge on any atom is 0.159 e. The first kappa shape index (κ1) is 11.6. The topological polar surface area (TPSA) is 46.0 Å². The summed E-state index contributed by atoms with van der Waals surface area (Å²) in [6, 6.07) is 5.14. The van der Waals surface area contributed by atoms with Crippen LogP contribution < -0.4 is 0 Å². The number of halogens is 2. The van der Waals surface area contributed by atoms with Gasteiger partial charge in [0, 0.05) is 18.8 Å². The normalized spacial score (nSPS) is 12.4. The van der Waals surface area contributed by atoms with Crippen LogP contribution in [0.25, 0.3) is 0 Å². The Bertz CT molecular complexity index is 505. The van der Waals surface area contributed by atoms with Crippen molar-refractivity contribution in [2.45, 2.75) is 12.5 Å². The summed E-state index contributed by atoms with van der Waals surface area (Å²) in [5.41, 5.74) is 0.490. The first-order valence-electron chi connectivity index (χ1n) is 5.05. The fourth-order valence-electron chi connectivity index (χ4n) is 1.46. The molecule has 0 aliphatic heterocycles. The summed E-state index contributed by atoms with van der Waals surface area (Å²) in [5.74, 6) is -1.57. The van der Waals surface area contributed by atoms with Crippen LogP contribution in [0.2, 0.25) is 0 Å². The van der Waals surface area contributed by atoms with Crippen molar-refractivity contribution in [1.29, 1.82) is 0 Å². The minimum absolute atomic E-state index is 0.140. The molecule has 1 atom stereocenters. The van der Waals surface area contributed by atoms with Crippen LogP contribution in [0, 0.1) is 11.6 Å². The van der Waals surface area contributed by atoms with Crippen molar-refractivity contribution in [3.05, 3.63) is 59.7 Å². The third-order valence-corrected chi connectivity index (χ3v) is 2.30. The van der Waals surface area contributed by atoms with Gasteiger partial charge in [0.15, 0.2) is 17.5 Å². The Balaban J connectivity index is 2.13. The molecular weight excluding hydrogens is 226 g/mol. The van der Waals surface area contributed by atoms with E-state index in [9.17, 15) is 13.9 Å². The van der Waals surface area contributed by atoms with E-state index in [1.54, 1.807) is 6.07 Å². The molecule has 1 unspecified atom stereocenters. The number of aliphatic hydroxyl groups is 1. The standard InChI is InChI=1S/C12H10F2N2O/c13-9-3-2-8(6-10(9)14)7-11(17)12-15-4-1-5-16-12/h1-6,11,17H,7H2. The molecule has 0 saturated carbocycles. The number of aromatic nitrogens is 2. The highest BCUT2D eigenvalue weighted by atomic mass is 19.2. The van der Waals surface area contributed by atoms with Gasteiger partial charge in [0.1, 0.15) is 6.10 Å². The molecule has 0 fully saturated rings. The Kier molecular flexibility index (Phi) is 3.39. The molecule has 1 heterocycles. The van der Waals surface area contributed by atoms with E-state index in [4.69, 9.17) is 0 Å². The van der Waals surface area contributed by atoms with Crippen LogP contribution in [-0.2, 0) is 6.42 Å². The average molecular weight is 236 g/mol. The SMILES string of the molecule is OC(Cc1ccc(F)c(F)c1)c1ncccn1. The second-order valence-corrected chi connectivity index (χ2v) is 3.58. The zero-order valence-corrected chi connectivity index (χ0v) is 8.85. The van der Waals surface area contributed by atoms with E-state index in [-0.39, 0.29) is 12.2 Å². The van der Waals surface area contributed by atoms with Crippen LogP contribution in [-0.4, -0.2) is 15.1 Å². The van der Waals surface area contributed by atoms with Crippen molar-refractivity contribution >= 4 is 0 Å². The molecule has 2 aromatic rings. The molecule has 5 heteroatoms. The highest BCUT2D eigenvalue weighted by Crippen LogP contribution is 2.16. The van der Waals surface area contributed by atoms with Gasteiger partial charge in [-0.1, -0.05) is 6.07 Å². The largest absolute Gasteiger partial charge is 0.385 e. The van der Waals surface area contributed by atoms with Gasteiger partial charge < -0.3 is 5.11 Å².